The zero-order valence-electron chi connectivity index (χ0n) is 20.1. The van der Waals surface area contributed by atoms with E-state index in [4.69, 9.17) is 4.74 Å². The van der Waals surface area contributed by atoms with E-state index in [1.54, 1.807) is 12.4 Å². The molecule has 0 radical (unpaired) electrons. The van der Waals surface area contributed by atoms with Crippen LogP contribution in [0.25, 0.3) is 0 Å². The fraction of sp³-hybridized carbons (Fsp3) is 0.520. The number of hydrogen-bond donors (Lipinski definition) is 0. The molecule has 1 amide bonds. The van der Waals surface area contributed by atoms with Gasteiger partial charge in [-0.25, -0.2) is 4.98 Å². The van der Waals surface area contributed by atoms with Crippen LogP contribution in [0.4, 0.5) is 26.3 Å². The van der Waals surface area contributed by atoms with E-state index in [-0.39, 0.29) is 37.0 Å². The van der Waals surface area contributed by atoms with Crippen LogP contribution in [0.1, 0.15) is 48.0 Å². The Morgan fingerprint density at radius 2 is 1.76 bits per heavy atom. The molecule has 3 atom stereocenters. The largest absolute Gasteiger partial charge is 0.472 e. The summed E-state index contributed by atoms with van der Waals surface area (Å²) in [5, 5.41) is 0. The lowest BCUT2D eigenvalue weighted by Gasteiger charge is -2.38. The van der Waals surface area contributed by atoms with Crippen LogP contribution >= 0.6 is 0 Å². The number of halogens is 6. The van der Waals surface area contributed by atoms with E-state index in [1.807, 2.05) is 0 Å². The van der Waals surface area contributed by atoms with E-state index in [0.717, 1.165) is 42.8 Å². The maximum absolute atomic E-state index is 13.3. The van der Waals surface area contributed by atoms with Crippen molar-refractivity contribution in [3.63, 3.8) is 0 Å². The second-order valence-electron chi connectivity index (χ2n) is 9.80. The minimum absolute atomic E-state index is 0.0493. The van der Waals surface area contributed by atoms with Crippen molar-refractivity contribution in [1.29, 1.82) is 0 Å². The number of ether oxygens (including phenoxy) is 1. The molecule has 2 saturated heterocycles. The Hall–Kier alpha value is -3.22. The molecule has 7 nitrogen and oxygen atoms in total. The monoisotopic (exact) mass is 541 g/mol. The van der Waals surface area contributed by atoms with Crippen LogP contribution in [-0.4, -0.2) is 76.4 Å². The molecular weight excluding hydrogens is 516 g/mol. The van der Waals surface area contributed by atoms with Crippen LogP contribution in [0.2, 0.25) is 0 Å². The molecule has 3 heterocycles. The molecule has 1 saturated carbocycles. The summed E-state index contributed by atoms with van der Waals surface area (Å²) in [5.41, 5.74) is -0.0670. The summed E-state index contributed by atoms with van der Waals surface area (Å²) in [7, 11) is 0. The van der Waals surface area contributed by atoms with Crippen LogP contribution < -0.4 is 4.74 Å². The highest BCUT2D eigenvalue weighted by Gasteiger charge is 2.40. The molecule has 0 N–H and O–H groups in total. The summed E-state index contributed by atoms with van der Waals surface area (Å²) in [6.07, 6.45) is -3.74. The Labute approximate surface area is 214 Å². The van der Waals surface area contributed by atoms with Crippen molar-refractivity contribution in [3.05, 3.63) is 53.5 Å². The predicted molar refractivity (Wildman–Crippen MR) is 124 cm³/mol. The maximum Gasteiger partial charge on any atom is 0.426 e. The maximum atomic E-state index is 13.3. The first kappa shape index (κ1) is 26.4. The molecule has 5 rings (SSSR count). The number of nitrogens with zero attached hydrogens (tertiary/aromatic N) is 5. The Morgan fingerprint density at radius 3 is 2.37 bits per heavy atom. The van der Waals surface area contributed by atoms with Gasteiger partial charge >= 0.3 is 12.4 Å². The molecule has 204 valence electrons. The third-order valence-electron chi connectivity index (χ3n) is 6.98. The first-order chi connectivity index (χ1) is 18.0. The number of piperazine rings is 1. The number of aromatic nitrogens is 2. The van der Waals surface area contributed by atoms with Gasteiger partial charge in [0.25, 0.3) is 5.91 Å². The van der Waals surface area contributed by atoms with Crippen molar-refractivity contribution in [2.24, 2.45) is 4.99 Å². The van der Waals surface area contributed by atoms with E-state index >= 15 is 0 Å². The van der Waals surface area contributed by atoms with Gasteiger partial charge in [0.05, 0.1) is 23.7 Å². The van der Waals surface area contributed by atoms with Gasteiger partial charge in [-0.3, -0.25) is 19.7 Å². The minimum Gasteiger partial charge on any atom is -0.472 e. The van der Waals surface area contributed by atoms with E-state index in [9.17, 15) is 31.1 Å². The molecule has 1 aromatic heterocycles. The quantitative estimate of drug-likeness (QED) is 0.400. The second-order valence-corrected chi connectivity index (χ2v) is 9.80. The average molecular weight is 541 g/mol. The normalized spacial score (nSPS) is 23.5. The van der Waals surface area contributed by atoms with Gasteiger partial charge in [-0.05, 0) is 30.5 Å². The lowest BCUT2D eigenvalue weighted by Crippen LogP contribution is -2.53. The summed E-state index contributed by atoms with van der Waals surface area (Å²) in [6.45, 7) is 1.57. The topological polar surface area (TPSA) is 70.9 Å². The number of carbonyl (C=O) groups is 1. The third-order valence-corrected chi connectivity index (χ3v) is 6.98. The lowest BCUT2D eigenvalue weighted by molar-refractivity contribution is -0.137. The van der Waals surface area contributed by atoms with Crippen molar-refractivity contribution < 1.29 is 35.9 Å². The number of alkyl halides is 6. The smallest absolute Gasteiger partial charge is 0.426 e. The summed E-state index contributed by atoms with van der Waals surface area (Å²) >= 11 is 0. The van der Waals surface area contributed by atoms with Crippen LogP contribution in [0.3, 0.4) is 0 Å². The molecule has 13 heteroatoms. The van der Waals surface area contributed by atoms with Gasteiger partial charge in [0.15, 0.2) is 6.04 Å². The Bertz CT molecular complexity index is 1160. The minimum atomic E-state index is -4.78. The van der Waals surface area contributed by atoms with Gasteiger partial charge in [-0.2, -0.15) is 26.3 Å². The molecule has 0 bridgehead atoms. The fourth-order valence-electron chi connectivity index (χ4n) is 4.91. The number of benzene rings is 1. The van der Waals surface area contributed by atoms with Crippen LogP contribution in [0, 0.1) is 0 Å². The molecule has 3 aliphatic rings. The molecule has 2 aliphatic heterocycles. The zero-order valence-corrected chi connectivity index (χ0v) is 20.1. The Balaban J connectivity index is 1.25. The number of amides is 1. The van der Waals surface area contributed by atoms with E-state index in [0.29, 0.717) is 31.3 Å². The summed E-state index contributed by atoms with van der Waals surface area (Å²) in [4.78, 5) is 29.0. The summed E-state index contributed by atoms with van der Waals surface area (Å²) in [6, 6.07) is 1.75. The molecule has 2 aromatic rings. The number of fused-ring (bicyclic) bond motifs is 1. The molecule has 3 fully saturated rings. The molecule has 1 unspecified atom stereocenters. The van der Waals surface area contributed by atoms with Crippen molar-refractivity contribution >= 4 is 12.1 Å². The van der Waals surface area contributed by atoms with E-state index in [2.05, 4.69) is 19.9 Å². The first-order valence-corrected chi connectivity index (χ1v) is 12.3. The van der Waals surface area contributed by atoms with Gasteiger partial charge in [0.2, 0.25) is 5.88 Å². The van der Waals surface area contributed by atoms with Gasteiger partial charge in [-0.15, -0.1) is 0 Å². The number of carbonyl (C=O) groups excluding carboxylic acids is 1. The van der Waals surface area contributed by atoms with E-state index in [1.165, 1.54) is 4.90 Å². The zero-order chi connectivity index (χ0) is 27.1. The third kappa shape index (κ3) is 6.25. The van der Waals surface area contributed by atoms with Gasteiger partial charge in [0, 0.05) is 44.6 Å². The average Bonchev–Trinajstić information content (AvgIpc) is 3.63. The van der Waals surface area contributed by atoms with Crippen LogP contribution in [-0.2, 0) is 11.0 Å². The van der Waals surface area contributed by atoms with Gasteiger partial charge < -0.3 is 9.64 Å². The highest BCUT2D eigenvalue weighted by molar-refractivity contribution is 5.85. The van der Waals surface area contributed by atoms with Crippen LogP contribution in [0.5, 0.6) is 5.88 Å². The molecule has 38 heavy (non-hydrogen) atoms. The molecule has 1 aromatic carbocycles. The van der Waals surface area contributed by atoms with Gasteiger partial charge in [0.1, 0.15) is 12.3 Å². The van der Waals surface area contributed by atoms with E-state index < -0.39 is 29.9 Å². The highest BCUT2D eigenvalue weighted by atomic mass is 19.4. The van der Waals surface area contributed by atoms with Crippen molar-refractivity contribution in [3.8, 4) is 5.88 Å². The Morgan fingerprint density at radius 1 is 1.03 bits per heavy atom. The van der Waals surface area contributed by atoms with Crippen molar-refractivity contribution in [2.75, 3.05) is 26.2 Å². The van der Waals surface area contributed by atoms with Crippen LogP contribution in [0.15, 0.2) is 41.7 Å². The lowest BCUT2D eigenvalue weighted by atomic mass is 10.0. The fourth-order valence-corrected chi connectivity index (χ4v) is 4.91. The highest BCUT2D eigenvalue weighted by Crippen LogP contribution is 2.39. The number of aliphatic imine (C=N–C) groups is 1. The summed E-state index contributed by atoms with van der Waals surface area (Å²) in [5.74, 6) is 0.194. The first-order valence-electron chi connectivity index (χ1n) is 12.3. The SMILES string of the molecule is O=C(C(/N=C/C(F)(F)F)c1ccc(C(F)(F)F)cc1)N1CCN2C[C@H](Oc3cnc(C4CC4)cn3)C[C@H]2C1. The molecule has 0 spiro atoms. The number of hydrogen-bond acceptors (Lipinski definition) is 6. The van der Waals surface area contributed by atoms with Crippen molar-refractivity contribution in [2.45, 2.75) is 55.7 Å². The van der Waals surface area contributed by atoms with Crippen molar-refractivity contribution in [1.82, 2.24) is 19.8 Å². The predicted octanol–water partition coefficient (Wildman–Crippen LogP) is 4.41. The number of rotatable bonds is 6. The molecule has 1 aliphatic carbocycles. The standard InChI is InChI=1S/C25H25F6N5O2/c26-24(27,28)14-34-22(16-3-5-17(6-4-16)25(29,30)31)23(37)36-8-7-35-13-19(9-18(35)12-36)38-21-11-32-20(10-33-21)15-1-2-15/h3-6,10-11,14-15,18-19,22H,1-2,7-9,12-13H2/b34-14+/t18-,19+,22?/m0/s1. The molecular formula is C25H25F6N5O2. The van der Waals surface area contributed by atoms with Gasteiger partial charge in [-0.1, -0.05) is 12.1 Å². The second kappa shape index (κ2) is 10.2. The summed E-state index contributed by atoms with van der Waals surface area (Å²) < 4.78 is 83.4. The Kier molecular flexibility index (Phi) is 7.05.